The molecule has 0 atom stereocenters. The number of carbonyl (C=O) groups excluding carboxylic acids is 2. The van der Waals surface area contributed by atoms with Gasteiger partial charge in [-0.2, -0.15) is 4.31 Å². The first-order chi connectivity index (χ1) is 27.3. The van der Waals surface area contributed by atoms with Gasteiger partial charge in [0, 0.05) is 24.2 Å². The Balaban J connectivity index is 1.21. The topological polar surface area (TPSA) is 93.2 Å². The first kappa shape index (κ1) is 38.5. The number of fused-ring (bicyclic) bond motifs is 1. The smallest absolute Gasteiger partial charge is 0.342 e. The summed E-state index contributed by atoms with van der Waals surface area (Å²) in [7, 11) is -2.64. The summed E-state index contributed by atoms with van der Waals surface area (Å²) in [6.07, 6.45) is 6.08. The maximum atomic E-state index is 14.5. The second-order valence-corrected chi connectivity index (χ2v) is 16.3. The highest BCUT2D eigenvalue weighted by Gasteiger charge is 2.29. The predicted octanol–water partition coefficient (Wildman–Crippen LogP) is 9.68. The number of sulfonamides is 1. The Morgan fingerprint density at radius 2 is 1.32 bits per heavy atom. The average Bonchev–Trinajstić information content (AvgIpc) is 3.24. The standard InChI is InChI=1S/C47H46N2O6S/c1-48(56(52,53)45-23-13-21-40-20-11-12-22-42(40)45)32-46(50)49(31-35-24-26-39(27-25-35)38-18-9-4-10-19-38)41-28-29-43(47(51)55-34-37-16-7-3-8-17-37)44(30-41)54-33-36-14-5-2-6-15-36/h2-3,5-8,11-17,20-30,38H,4,9-10,18-19,31-34H2,1H3. The van der Waals surface area contributed by atoms with Crippen LogP contribution in [0.5, 0.6) is 5.75 Å². The van der Waals surface area contributed by atoms with Gasteiger partial charge in [-0.1, -0.05) is 141 Å². The molecule has 0 aromatic heterocycles. The first-order valence-electron chi connectivity index (χ1n) is 19.1. The van der Waals surface area contributed by atoms with Crippen LogP contribution in [0.3, 0.4) is 0 Å². The van der Waals surface area contributed by atoms with Gasteiger partial charge in [0.2, 0.25) is 15.9 Å². The molecule has 0 radical (unpaired) electrons. The van der Waals surface area contributed by atoms with Gasteiger partial charge in [-0.05, 0) is 64.6 Å². The molecule has 0 unspecified atom stereocenters. The number of benzene rings is 6. The minimum atomic E-state index is -4.06. The van der Waals surface area contributed by atoms with Crippen molar-refractivity contribution in [2.45, 2.75) is 62.7 Å². The Labute approximate surface area is 329 Å². The molecule has 0 bridgehead atoms. The van der Waals surface area contributed by atoms with Crippen LogP contribution in [0.4, 0.5) is 5.69 Å². The molecule has 8 nitrogen and oxygen atoms in total. The van der Waals surface area contributed by atoms with Gasteiger partial charge in [0.15, 0.2) is 0 Å². The maximum Gasteiger partial charge on any atom is 0.342 e. The van der Waals surface area contributed by atoms with E-state index in [0.717, 1.165) is 26.4 Å². The number of anilines is 1. The van der Waals surface area contributed by atoms with Crippen LogP contribution in [0.2, 0.25) is 0 Å². The van der Waals surface area contributed by atoms with Crippen molar-refractivity contribution >= 4 is 38.4 Å². The van der Waals surface area contributed by atoms with Crippen LogP contribution in [0.25, 0.3) is 10.8 Å². The molecule has 9 heteroatoms. The van der Waals surface area contributed by atoms with E-state index in [-0.39, 0.29) is 36.0 Å². The molecular weight excluding hydrogens is 721 g/mol. The van der Waals surface area contributed by atoms with Gasteiger partial charge < -0.3 is 14.4 Å². The molecule has 1 amide bonds. The largest absolute Gasteiger partial charge is 0.488 e. The zero-order valence-corrected chi connectivity index (χ0v) is 32.4. The van der Waals surface area contributed by atoms with Gasteiger partial charge in [-0.25, -0.2) is 13.2 Å². The zero-order chi connectivity index (χ0) is 38.9. The van der Waals surface area contributed by atoms with Crippen LogP contribution in [-0.4, -0.2) is 38.2 Å². The van der Waals surface area contributed by atoms with E-state index in [0.29, 0.717) is 17.0 Å². The van der Waals surface area contributed by atoms with Crippen LogP contribution in [0.1, 0.15) is 70.6 Å². The Kier molecular flexibility index (Phi) is 12.2. The molecule has 286 valence electrons. The summed E-state index contributed by atoms with van der Waals surface area (Å²) in [5, 5.41) is 1.37. The number of ether oxygens (including phenoxy) is 2. The number of amides is 1. The molecule has 0 aliphatic heterocycles. The molecule has 7 rings (SSSR count). The average molecular weight is 767 g/mol. The lowest BCUT2D eigenvalue weighted by Gasteiger charge is -2.27. The normalized spacial score (nSPS) is 13.4. The van der Waals surface area contributed by atoms with Crippen LogP contribution < -0.4 is 9.64 Å². The molecule has 0 heterocycles. The van der Waals surface area contributed by atoms with E-state index in [9.17, 15) is 18.0 Å². The van der Waals surface area contributed by atoms with Crippen molar-refractivity contribution in [1.82, 2.24) is 4.31 Å². The molecule has 6 aromatic rings. The summed E-state index contributed by atoms with van der Waals surface area (Å²) in [4.78, 5) is 29.7. The highest BCUT2D eigenvalue weighted by molar-refractivity contribution is 7.89. The molecule has 6 aromatic carbocycles. The fourth-order valence-corrected chi connectivity index (χ4v) is 8.62. The minimum absolute atomic E-state index is 0.0819. The zero-order valence-electron chi connectivity index (χ0n) is 31.5. The fourth-order valence-electron chi connectivity index (χ4n) is 7.29. The summed E-state index contributed by atoms with van der Waals surface area (Å²) in [6.45, 7) is -0.000975. The molecule has 56 heavy (non-hydrogen) atoms. The van der Waals surface area contributed by atoms with E-state index in [1.54, 1.807) is 47.4 Å². The molecule has 1 aliphatic carbocycles. The van der Waals surface area contributed by atoms with Crippen molar-refractivity contribution in [3.8, 4) is 5.75 Å². The quantitative estimate of drug-likeness (QED) is 0.103. The molecule has 0 saturated heterocycles. The van der Waals surface area contributed by atoms with E-state index < -0.39 is 28.4 Å². The van der Waals surface area contributed by atoms with E-state index in [2.05, 4.69) is 12.1 Å². The Bertz CT molecular complexity index is 2370. The molecular formula is C47H46N2O6S. The van der Waals surface area contributed by atoms with Gasteiger partial charge in [0.25, 0.3) is 0 Å². The summed E-state index contributed by atoms with van der Waals surface area (Å²) in [5.41, 5.74) is 4.58. The predicted molar refractivity (Wildman–Crippen MR) is 220 cm³/mol. The lowest BCUT2D eigenvalue weighted by Crippen LogP contribution is -2.41. The van der Waals surface area contributed by atoms with Crippen LogP contribution in [0, 0.1) is 0 Å². The maximum absolute atomic E-state index is 14.5. The third-order valence-electron chi connectivity index (χ3n) is 10.4. The van der Waals surface area contributed by atoms with E-state index in [1.165, 1.54) is 44.7 Å². The number of carbonyl (C=O) groups is 2. The third-order valence-corrected chi connectivity index (χ3v) is 12.3. The Morgan fingerprint density at radius 3 is 2.04 bits per heavy atom. The second-order valence-electron chi connectivity index (χ2n) is 14.3. The molecule has 1 fully saturated rings. The fraction of sp³-hybridized carbons (Fsp3) is 0.234. The molecule has 1 saturated carbocycles. The third kappa shape index (κ3) is 9.18. The molecule has 0 spiro atoms. The number of likely N-dealkylation sites (N-methyl/N-ethyl adjacent to an activating group) is 1. The van der Waals surface area contributed by atoms with Crippen molar-refractivity contribution in [2.75, 3.05) is 18.5 Å². The second kappa shape index (κ2) is 17.8. The lowest BCUT2D eigenvalue weighted by atomic mass is 9.84. The van der Waals surface area contributed by atoms with Crippen molar-refractivity contribution in [3.05, 3.63) is 173 Å². The Hall–Kier alpha value is -5.77. The van der Waals surface area contributed by atoms with E-state index in [1.807, 2.05) is 91.0 Å². The molecule has 0 N–H and O–H groups in total. The van der Waals surface area contributed by atoms with Gasteiger partial charge in [-0.15, -0.1) is 0 Å². The van der Waals surface area contributed by atoms with Crippen LogP contribution >= 0.6 is 0 Å². The summed E-state index contributed by atoms with van der Waals surface area (Å²) in [5.74, 6) is -0.241. The summed E-state index contributed by atoms with van der Waals surface area (Å²) in [6, 6.07) is 44.8. The lowest BCUT2D eigenvalue weighted by molar-refractivity contribution is -0.118. The number of nitrogens with zero attached hydrogens (tertiary/aromatic N) is 2. The molecule has 1 aliphatic rings. The number of hydrogen-bond acceptors (Lipinski definition) is 6. The number of esters is 1. The monoisotopic (exact) mass is 766 g/mol. The highest BCUT2D eigenvalue weighted by atomic mass is 32.2. The number of hydrogen-bond donors (Lipinski definition) is 0. The van der Waals surface area contributed by atoms with Gasteiger partial charge in [-0.3, -0.25) is 4.79 Å². The van der Waals surface area contributed by atoms with Crippen molar-refractivity contribution < 1.29 is 27.5 Å². The van der Waals surface area contributed by atoms with Crippen molar-refractivity contribution in [2.24, 2.45) is 0 Å². The van der Waals surface area contributed by atoms with Crippen LogP contribution in [-0.2, 0) is 39.3 Å². The van der Waals surface area contributed by atoms with E-state index in [4.69, 9.17) is 9.47 Å². The highest BCUT2D eigenvalue weighted by Crippen LogP contribution is 2.34. The van der Waals surface area contributed by atoms with Gasteiger partial charge >= 0.3 is 5.97 Å². The Morgan fingerprint density at radius 1 is 0.679 bits per heavy atom. The summed E-state index contributed by atoms with van der Waals surface area (Å²) >= 11 is 0. The van der Waals surface area contributed by atoms with Crippen LogP contribution in [0.15, 0.2) is 150 Å². The van der Waals surface area contributed by atoms with Gasteiger partial charge in [0.05, 0.1) is 18.0 Å². The van der Waals surface area contributed by atoms with Crippen molar-refractivity contribution in [3.63, 3.8) is 0 Å². The van der Waals surface area contributed by atoms with Gasteiger partial charge in [0.1, 0.15) is 24.5 Å². The number of rotatable bonds is 14. The van der Waals surface area contributed by atoms with E-state index >= 15 is 0 Å². The SMILES string of the molecule is CN(CC(=O)N(Cc1ccc(C2CCCCC2)cc1)c1ccc(C(=O)OCc2ccccc2)c(OCc2ccccc2)c1)S(=O)(=O)c1cccc2ccccc12. The van der Waals surface area contributed by atoms with Crippen molar-refractivity contribution in [1.29, 1.82) is 0 Å². The minimum Gasteiger partial charge on any atom is -0.488 e. The first-order valence-corrected chi connectivity index (χ1v) is 20.6. The summed E-state index contributed by atoms with van der Waals surface area (Å²) < 4.78 is 41.1.